The summed E-state index contributed by atoms with van der Waals surface area (Å²) in [5.74, 6) is 0.0342. The molecule has 0 aliphatic heterocycles. The number of hydrogen-bond acceptors (Lipinski definition) is 3. The summed E-state index contributed by atoms with van der Waals surface area (Å²) in [6, 6.07) is 15.2. The van der Waals surface area contributed by atoms with Crippen LogP contribution in [0, 0.1) is 5.92 Å². The lowest BCUT2D eigenvalue weighted by Crippen LogP contribution is -2.50. The van der Waals surface area contributed by atoms with Gasteiger partial charge >= 0.3 is 0 Å². The third-order valence-electron chi connectivity index (χ3n) is 4.62. The highest BCUT2D eigenvalue weighted by atomic mass is 35.5. The molecule has 0 heterocycles. The first kappa shape index (κ1) is 23.2. The minimum absolute atomic E-state index is 0.196. The summed E-state index contributed by atoms with van der Waals surface area (Å²) in [5, 5.41) is 3.49. The highest BCUT2D eigenvalue weighted by Gasteiger charge is 2.33. The van der Waals surface area contributed by atoms with Crippen molar-refractivity contribution in [3.63, 3.8) is 0 Å². The Balaban J connectivity index is 2.37. The van der Waals surface area contributed by atoms with E-state index in [2.05, 4.69) is 19.2 Å². The number of nitrogens with one attached hydrogen (secondary N) is 1. The van der Waals surface area contributed by atoms with Crippen molar-refractivity contribution in [2.45, 2.75) is 45.7 Å². The third-order valence-corrected chi connectivity index (χ3v) is 6.03. The topological polar surface area (TPSA) is 66.5 Å². The summed E-state index contributed by atoms with van der Waals surface area (Å²) in [6.45, 7) is 5.98. The van der Waals surface area contributed by atoms with Crippen molar-refractivity contribution < 1.29 is 13.2 Å². The van der Waals surface area contributed by atoms with Crippen molar-refractivity contribution in [2.75, 3.05) is 10.6 Å². The van der Waals surface area contributed by atoms with Crippen LogP contribution in [-0.4, -0.2) is 26.6 Å². The number of sulfonamides is 1. The molecule has 2 aromatic rings. The molecule has 0 fully saturated rings. The fraction of sp³-hybridized carbons (Fsp3) is 0.409. The van der Waals surface area contributed by atoms with E-state index in [0.29, 0.717) is 23.0 Å². The molecule has 0 aromatic heterocycles. The van der Waals surface area contributed by atoms with Crippen LogP contribution < -0.4 is 9.62 Å². The second kappa shape index (κ2) is 10.1. The van der Waals surface area contributed by atoms with Gasteiger partial charge in [-0.2, -0.15) is 0 Å². The number of amides is 1. The summed E-state index contributed by atoms with van der Waals surface area (Å²) in [5.41, 5.74) is 1.38. The van der Waals surface area contributed by atoms with Gasteiger partial charge in [0.1, 0.15) is 6.04 Å². The minimum atomic E-state index is -3.70. The summed E-state index contributed by atoms with van der Waals surface area (Å²) in [4.78, 5) is 13.2. The molecule has 2 atom stereocenters. The van der Waals surface area contributed by atoms with Gasteiger partial charge in [0.2, 0.25) is 15.9 Å². The quantitative estimate of drug-likeness (QED) is 0.614. The van der Waals surface area contributed by atoms with Crippen molar-refractivity contribution in [1.82, 2.24) is 5.32 Å². The van der Waals surface area contributed by atoms with Crippen LogP contribution >= 0.6 is 11.6 Å². The number of halogens is 1. The van der Waals surface area contributed by atoms with Crippen LogP contribution in [0.15, 0.2) is 54.6 Å². The lowest BCUT2D eigenvalue weighted by atomic mass is 9.96. The zero-order valence-corrected chi connectivity index (χ0v) is 18.9. The molecule has 0 spiro atoms. The number of benzene rings is 2. The largest absolute Gasteiger partial charge is 0.347 e. The molecule has 1 amide bonds. The molecular weight excluding hydrogens is 408 g/mol. The van der Waals surface area contributed by atoms with Gasteiger partial charge in [-0.3, -0.25) is 9.10 Å². The highest BCUT2D eigenvalue weighted by molar-refractivity contribution is 7.92. The Hall–Kier alpha value is -2.05. The molecule has 0 bridgehead atoms. The van der Waals surface area contributed by atoms with Gasteiger partial charge in [0.05, 0.1) is 18.0 Å². The standard InChI is InChI=1S/C22H29ClN2O3S/c1-5-21(25(29(4,27)28)19-13-9-12-18(23)15-19)22(26)24-20(14-16(2)3)17-10-7-6-8-11-17/h6-13,15-16,20-21H,5,14H2,1-4H3,(H,24,26)/t20-,21-/m1/s1. The normalized spacial score (nSPS) is 13.7. The Morgan fingerprint density at radius 2 is 1.76 bits per heavy atom. The van der Waals surface area contributed by atoms with Crippen LogP contribution in [0.4, 0.5) is 5.69 Å². The maximum absolute atomic E-state index is 13.2. The molecule has 0 aliphatic carbocycles. The van der Waals surface area contributed by atoms with Gasteiger partial charge in [-0.25, -0.2) is 8.42 Å². The van der Waals surface area contributed by atoms with Gasteiger partial charge in [-0.1, -0.05) is 68.8 Å². The maximum atomic E-state index is 13.2. The summed E-state index contributed by atoms with van der Waals surface area (Å²) >= 11 is 6.07. The first-order valence-corrected chi connectivity index (χ1v) is 12.0. The zero-order valence-electron chi connectivity index (χ0n) is 17.3. The molecule has 0 saturated carbocycles. The van der Waals surface area contributed by atoms with Crippen molar-refractivity contribution in [3.8, 4) is 0 Å². The summed E-state index contributed by atoms with van der Waals surface area (Å²) < 4.78 is 26.3. The van der Waals surface area contributed by atoms with Crippen LogP contribution in [0.2, 0.25) is 5.02 Å². The molecule has 0 saturated heterocycles. The number of nitrogens with zero attached hydrogens (tertiary/aromatic N) is 1. The average Bonchev–Trinajstić information content (AvgIpc) is 2.64. The van der Waals surface area contributed by atoms with Crippen LogP contribution in [0.1, 0.15) is 45.2 Å². The number of hydrogen-bond donors (Lipinski definition) is 1. The van der Waals surface area contributed by atoms with E-state index in [9.17, 15) is 13.2 Å². The molecule has 2 aromatic carbocycles. The van der Waals surface area contributed by atoms with Crippen molar-refractivity contribution in [3.05, 3.63) is 65.2 Å². The Labute approximate surface area is 179 Å². The molecular formula is C22H29ClN2O3S. The average molecular weight is 437 g/mol. The molecule has 7 heteroatoms. The molecule has 0 unspecified atom stereocenters. The SMILES string of the molecule is CC[C@H](C(=O)N[C@H](CC(C)C)c1ccccc1)N(c1cccc(Cl)c1)S(C)(=O)=O. The lowest BCUT2D eigenvalue weighted by molar-refractivity contribution is -0.123. The number of carbonyl (C=O) groups excluding carboxylic acids is 1. The Bertz CT molecular complexity index is 917. The van der Waals surface area contributed by atoms with E-state index in [-0.39, 0.29) is 11.9 Å². The number of rotatable bonds is 9. The van der Waals surface area contributed by atoms with Crippen molar-refractivity contribution in [2.24, 2.45) is 5.92 Å². The predicted molar refractivity (Wildman–Crippen MR) is 120 cm³/mol. The van der Waals surface area contributed by atoms with Crippen LogP contribution in [-0.2, 0) is 14.8 Å². The first-order valence-electron chi connectivity index (χ1n) is 9.73. The highest BCUT2D eigenvalue weighted by Crippen LogP contribution is 2.27. The van der Waals surface area contributed by atoms with E-state index in [0.717, 1.165) is 22.5 Å². The molecule has 1 N–H and O–H groups in total. The van der Waals surface area contributed by atoms with Gasteiger partial charge in [0, 0.05) is 5.02 Å². The summed E-state index contributed by atoms with van der Waals surface area (Å²) in [6.07, 6.45) is 2.18. The zero-order chi connectivity index (χ0) is 21.6. The van der Waals surface area contributed by atoms with Crippen molar-refractivity contribution >= 4 is 33.2 Å². The molecule has 29 heavy (non-hydrogen) atoms. The van der Waals surface area contributed by atoms with E-state index in [1.165, 1.54) is 0 Å². The minimum Gasteiger partial charge on any atom is -0.347 e. The molecule has 158 valence electrons. The predicted octanol–water partition coefficient (Wildman–Crippen LogP) is 4.79. The lowest BCUT2D eigenvalue weighted by Gasteiger charge is -2.32. The van der Waals surface area contributed by atoms with E-state index in [1.807, 2.05) is 30.3 Å². The second-order valence-electron chi connectivity index (χ2n) is 7.56. The third kappa shape index (κ3) is 6.47. The maximum Gasteiger partial charge on any atom is 0.244 e. The van der Waals surface area contributed by atoms with Gasteiger partial charge in [-0.15, -0.1) is 0 Å². The Morgan fingerprint density at radius 3 is 2.28 bits per heavy atom. The number of anilines is 1. The number of carbonyl (C=O) groups is 1. The van der Waals surface area contributed by atoms with E-state index in [4.69, 9.17) is 11.6 Å². The first-order chi connectivity index (χ1) is 13.6. The van der Waals surface area contributed by atoms with Crippen LogP contribution in [0.25, 0.3) is 0 Å². The monoisotopic (exact) mass is 436 g/mol. The van der Waals surface area contributed by atoms with Gasteiger partial charge < -0.3 is 5.32 Å². The van der Waals surface area contributed by atoms with E-state index >= 15 is 0 Å². The molecule has 0 radical (unpaired) electrons. The van der Waals surface area contributed by atoms with Gasteiger partial charge in [-0.05, 0) is 42.5 Å². The Morgan fingerprint density at radius 1 is 1.10 bits per heavy atom. The van der Waals surface area contributed by atoms with Gasteiger partial charge in [0.15, 0.2) is 0 Å². The molecule has 2 rings (SSSR count). The fourth-order valence-corrected chi connectivity index (χ4v) is 4.76. The van der Waals surface area contributed by atoms with E-state index < -0.39 is 16.1 Å². The van der Waals surface area contributed by atoms with Crippen LogP contribution in [0.3, 0.4) is 0 Å². The Kier molecular flexibility index (Phi) is 8.11. The molecule has 5 nitrogen and oxygen atoms in total. The van der Waals surface area contributed by atoms with Gasteiger partial charge in [0.25, 0.3) is 0 Å². The van der Waals surface area contributed by atoms with Crippen molar-refractivity contribution in [1.29, 1.82) is 0 Å². The fourth-order valence-electron chi connectivity index (χ4n) is 3.38. The van der Waals surface area contributed by atoms with E-state index in [1.54, 1.807) is 31.2 Å². The summed E-state index contributed by atoms with van der Waals surface area (Å²) in [7, 11) is -3.70. The van der Waals surface area contributed by atoms with Crippen LogP contribution in [0.5, 0.6) is 0 Å². The molecule has 0 aliphatic rings. The smallest absolute Gasteiger partial charge is 0.244 e. The second-order valence-corrected chi connectivity index (χ2v) is 9.86.